The van der Waals surface area contributed by atoms with E-state index in [0.29, 0.717) is 22.7 Å². The van der Waals surface area contributed by atoms with Crippen LogP contribution in [0.2, 0.25) is 0 Å². The van der Waals surface area contributed by atoms with Gasteiger partial charge in [0.25, 0.3) is 0 Å². The zero-order chi connectivity index (χ0) is 19.9. The number of hydrogen-bond donors (Lipinski definition) is 2. The van der Waals surface area contributed by atoms with E-state index in [9.17, 15) is 9.90 Å². The van der Waals surface area contributed by atoms with Gasteiger partial charge in [-0.05, 0) is 53.7 Å². The van der Waals surface area contributed by atoms with Crippen molar-refractivity contribution in [2.24, 2.45) is 17.8 Å². The zero-order valence-corrected chi connectivity index (χ0v) is 19.6. The van der Waals surface area contributed by atoms with Crippen molar-refractivity contribution in [3.05, 3.63) is 26.6 Å². The molecule has 2 fully saturated rings. The Hall–Kier alpha value is -0.590. The first-order valence-electron chi connectivity index (χ1n) is 9.76. The van der Waals surface area contributed by atoms with E-state index in [-0.39, 0.29) is 35.3 Å². The third kappa shape index (κ3) is 4.38. The van der Waals surface area contributed by atoms with Crippen molar-refractivity contribution >= 4 is 37.8 Å². The number of aromatic hydroxyl groups is 1. The fourth-order valence-electron chi connectivity index (χ4n) is 4.59. The Morgan fingerprint density at radius 2 is 2.04 bits per heavy atom. The van der Waals surface area contributed by atoms with Gasteiger partial charge in [0.05, 0.1) is 16.7 Å². The number of phenolic OH excluding ortho intramolecular Hbond substituents is 1. The standard InChI is InChI=1S/C21H29Br2NO3/c1-11(2)20(26)24-21(4)10-18(14-8-13(22)9-16(23)19(14)25)27-17-7-12(3)5-6-15(17)21/h8-9,11-12,15,17-18,25H,5-7,10H2,1-4H3,(H,24,26)/t12-,15-,17-,18-,21-/m0/s1. The molecule has 1 saturated carbocycles. The van der Waals surface area contributed by atoms with Gasteiger partial charge in [0.1, 0.15) is 5.75 Å². The molecule has 0 aromatic heterocycles. The average Bonchev–Trinajstić information content (AvgIpc) is 2.57. The average molecular weight is 503 g/mol. The van der Waals surface area contributed by atoms with Crippen LogP contribution < -0.4 is 5.32 Å². The summed E-state index contributed by atoms with van der Waals surface area (Å²) in [6.45, 7) is 8.27. The number of amides is 1. The summed E-state index contributed by atoms with van der Waals surface area (Å²) in [4.78, 5) is 12.6. The Kier molecular flexibility index (Phi) is 6.29. The van der Waals surface area contributed by atoms with E-state index in [1.54, 1.807) is 0 Å². The second-order valence-corrected chi connectivity index (χ2v) is 10.5. The second-order valence-electron chi connectivity index (χ2n) is 8.78. The molecule has 150 valence electrons. The molecule has 4 nitrogen and oxygen atoms in total. The molecule has 0 spiro atoms. The van der Waals surface area contributed by atoms with Crippen LogP contribution in [-0.2, 0) is 9.53 Å². The molecule has 6 heteroatoms. The van der Waals surface area contributed by atoms with Crippen LogP contribution in [0.1, 0.15) is 65.0 Å². The molecule has 1 saturated heterocycles. The van der Waals surface area contributed by atoms with Gasteiger partial charge in [-0.25, -0.2) is 0 Å². The van der Waals surface area contributed by atoms with E-state index < -0.39 is 0 Å². The van der Waals surface area contributed by atoms with Crippen LogP contribution in [0.15, 0.2) is 21.1 Å². The first-order valence-corrected chi connectivity index (χ1v) is 11.3. The number of fused-ring (bicyclic) bond motifs is 1. The zero-order valence-electron chi connectivity index (χ0n) is 16.4. The minimum Gasteiger partial charge on any atom is -0.506 e. The lowest BCUT2D eigenvalue weighted by Gasteiger charge is -2.52. The Balaban J connectivity index is 1.97. The predicted octanol–water partition coefficient (Wildman–Crippen LogP) is 5.71. The summed E-state index contributed by atoms with van der Waals surface area (Å²) < 4.78 is 8.05. The maximum Gasteiger partial charge on any atom is 0.222 e. The van der Waals surface area contributed by atoms with Crippen LogP contribution in [0.25, 0.3) is 0 Å². The summed E-state index contributed by atoms with van der Waals surface area (Å²) in [5.41, 5.74) is 0.411. The third-order valence-corrected chi connectivity index (χ3v) is 7.22. The second kappa shape index (κ2) is 8.03. The lowest BCUT2D eigenvalue weighted by Crippen LogP contribution is -2.61. The monoisotopic (exact) mass is 501 g/mol. The van der Waals surface area contributed by atoms with E-state index in [1.807, 2.05) is 26.0 Å². The number of carbonyl (C=O) groups excluding carboxylic acids is 1. The molecule has 0 radical (unpaired) electrons. The van der Waals surface area contributed by atoms with Crippen molar-refractivity contribution in [3.8, 4) is 5.75 Å². The number of halogens is 2. The molecule has 0 bridgehead atoms. The van der Waals surface area contributed by atoms with Crippen molar-refractivity contribution in [2.75, 3.05) is 0 Å². The fraction of sp³-hybridized carbons (Fsp3) is 0.667. The number of phenols is 1. The van der Waals surface area contributed by atoms with Crippen LogP contribution in [-0.4, -0.2) is 22.7 Å². The van der Waals surface area contributed by atoms with Crippen molar-refractivity contribution in [2.45, 2.75) is 71.1 Å². The SMILES string of the molecule is CC(C)C(=O)N[C@@]1(C)C[C@@H](c2cc(Br)cc(Br)c2O)O[C@H]2C[C@@H](C)CC[C@@H]21. The van der Waals surface area contributed by atoms with Gasteiger partial charge in [-0.3, -0.25) is 4.79 Å². The van der Waals surface area contributed by atoms with Crippen molar-refractivity contribution in [3.63, 3.8) is 0 Å². The van der Waals surface area contributed by atoms with Gasteiger partial charge in [0, 0.05) is 33.8 Å². The van der Waals surface area contributed by atoms with E-state index in [4.69, 9.17) is 4.74 Å². The van der Waals surface area contributed by atoms with Gasteiger partial charge in [0.15, 0.2) is 0 Å². The first kappa shape index (κ1) is 21.1. The molecule has 1 aliphatic heterocycles. The quantitative estimate of drug-likeness (QED) is 0.556. The molecule has 3 rings (SSSR count). The van der Waals surface area contributed by atoms with E-state index in [0.717, 1.165) is 29.3 Å². The lowest BCUT2D eigenvalue weighted by atomic mass is 9.66. The summed E-state index contributed by atoms with van der Waals surface area (Å²) in [5.74, 6) is 1.14. The molecule has 2 N–H and O–H groups in total. The summed E-state index contributed by atoms with van der Waals surface area (Å²) in [5, 5.41) is 14.0. The maximum absolute atomic E-state index is 12.6. The molecule has 1 aromatic carbocycles. The number of ether oxygens (including phenoxy) is 1. The highest BCUT2D eigenvalue weighted by atomic mass is 79.9. The highest BCUT2D eigenvalue weighted by Crippen LogP contribution is 2.50. The van der Waals surface area contributed by atoms with E-state index in [2.05, 4.69) is 51.0 Å². The minimum atomic E-state index is -0.351. The van der Waals surface area contributed by atoms with E-state index >= 15 is 0 Å². The Bertz CT molecular complexity index is 724. The van der Waals surface area contributed by atoms with Gasteiger partial charge in [-0.15, -0.1) is 0 Å². The Morgan fingerprint density at radius 3 is 2.70 bits per heavy atom. The number of benzene rings is 1. The van der Waals surface area contributed by atoms with Crippen LogP contribution in [0.3, 0.4) is 0 Å². The van der Waals surface area contributed by atoms with Crippen molar-refractivity contribution in [1.82, 2.24) is 5.32 Å². The summed E-state index contributed by atoms with van der Waals surface area (Å²) in [7, 11) is 0. The van der Waals surface area contributed by atoms with Crippen LogP contribution in [0, 0.1) is 17.8 Å². The molecule has 2 aliphatic rings. The largest absolute Gasteiger partial charge is 0.506 e. The number of rotatable bonds is 3. The lowest BCUT2D eigenvalue weighted by molar-refractivity contribution is -0.155. The van der Waals surface area contributed by atoms with Gasteiger partial charge in [0.2, 0.25) is 5.91 Å². The number of hydrogen-bond acceptors (Lipinski definition) is 3. The Morgan fingerprint density at radius 1 is 1.33 bits per heavy atom. The normalized spacial score (nSPS) is 33.6. The van der Waals surface area contributed by atoms with Gasteiger partial charge < -0.3 is 15.2 Å². The fourth-order valence-corrected chi connectivity index (χ4v) is 5.85. The molecular weight excluding hydrogens is 474 g/mol. The van der Waals surface area contributed by atoms with E-state index in [1.165, 1.54) is 0 Å². The number of nitrogens with one attached hydrogen (secondary N) is 1. The molecule has 1 aliphatic carbocycles. The Labute approximate surface area is 178 Å². The first-order chi connectivity index (χ1) is 12.6. The number of carbonyl (C=O) groups is 1. The highest BCUT2D eigenvalue weighted by Gasteiger charge is 2.50. The van der Waals surface area contributed by atoms with Gasteiger partial charge in [-0.1, -0.05) is 43.1 Å². The summed E-state index contributed by atoms with van der Waals surface area (Å²) >= 11 is 6.94. The molecule has 27 heavy (non-hydrogen) atoms. The molecule has 1 heterocycles. The molecule has 1 amide bonds. The maximum atomic E-state index is 12.6. The third-order valence-electron chi connectivity index (χ3n) is 6.16. The van der Waals surface area contributed by atoms with Gasteiger partial charge in [-0.2, -0.15) is 0 Å². The molecule has 5 atom stereocenters. The highest BCUT2D eigenvalue weighted by molar-refractivity contribution is 9.11. The minimum absolute atomic E-state index is 0.0579. The topological polar surface area (TPSA) is 58.6 Å². The summed E-state index contributed by atoms with van der Waals surface area (Å²) in [6.07, 6.45) is 3.68. The molecule has 0 unspecified atom stereocenters. The molecule has 1 aromatic rings. The van der Waals surface area contributed by atoms with Crippen LogP contribution >= 0.6 is 31.9 Å². The predicted molar refractivity (Wildman–Crippen MR) is 114 cm³/mol. The smallest absolute Gasteiger partial charge is 0.222 e. The van der Waals surface area contributed by atoms with Crippen molar-refractivity contribution in [1.29, 1.82) is 0 Å². The van der Waals surface area contributed by atoms with Crippen LogP contribution in [0.5, 0.6) is 5.75 Å². The van der Waals surface area contributed by atoms with Crippen LogP contribution in [0.4, 0.5) is 0 Å². The molecular formula is C21H29Br2NO3. The van der Waals surface area contributed by atoms with Gasteiger partial charge >= 0.3 is 0 Å². The summed E-state index contributed by atoms with van der Waals surface area (Å²) in [6, 6.07) is 3.74. The van der Waals surface area contributed by atoms with Crippen molar-refractivity contribution < 1.29 is 14.6 Å².